The van der Waals surface area contributed by atoms with E-state index >= 15 is 0 Å². The van der Waals surface area contributed by atoms with E-state index in [4.69, 9.17) is 5.73 Å². The Balaban J connectivity index is 1.60. The maximum Gasteiger partial charge on any atom is 0.321 e. The standard InChI is InChI=1S/C33H48FN7O6/c1-32(2,3)26(37-30(46)38-33(4,5)6)29(45)39-13-14-41(31(47)40-16-20-11-8-12-22(34)21(20)17-40)24(18-39)28(44)36-23(25(42)27(35)43)15-19-9-7-10-19/h8,11-12,19,23-24,26H,7,9-10,13-18H2,1-6H3,(H2,35,43)(H,36,44)(H2,37,38,46)/t23?,24-,26-/m1/s1. The lowest BCUT2D eigenvalue weighted by Crippen LogP contribution is -2.67. The predicted molar refractivity (Wildman–Crippen MR) is 171 cm³/mol. The number of hydrogen-bond acceptors (Lipinski definition) is 6. The molecule has 258 valence electrons. The Labute approximate surface area is 275 Å². The van der Waals surface area contributed by atoms with Crippen molar-refractivity contribution in [2.45, 2.75) is 104 Å². The fraction of sp³-hybridized carbons (Fsp3) is 0.636. The molecule has 4 rings (SSSR count). The third-order valence-electron chi connectivity index (χ3n) is 8.98. The Bertz CT molecular complexity index is 1420. The number of urea groups is 2. The van der Waals surface area contributed by atoms with E-state index in [0.29, 0.717) is 11.1 Å². The largest absolute Gasteiger partial charge is 0.363 e. The van der Waals surface area contributed by atoms with E-state index in [1.165, 1.54) is 20.8 Å². The van der Waals surface area contributed by atoms with Gasteiger partial charge in [-0.2, -0.15) is 0 Å². The van der Waals surface area contributed by atoms with Crippen molar-refractivity contribution in [1.29, 1.82) is 0 Å². The van der Waals surface area contributed by atoms with Crippen molar-refractivity contribution in [3.05, 3.63) is 35.1 Å². The van der Waals surface area contributed by atoms with Crippen molar-refractivity contribution in [2.75, 3.05) is 19.6 Å². The molecular weight excluding hydrogens is 609 g/mol. The Hall–Kier alpha value is -4.23. The second-order valence-corrected chi connectivity index (χ2v) is 15.0. The molecule has 3 atom stereocenters. The molecule has 3 aliphatic rings. The summed E-state index contributed by atoms with van der Waals surface area (Å²) >= 11 is 0. The van der Waals surface area contributed by atoms with Crippen molar-refractivity contribution in [2.24, 2.45) is 17.1 Å². The Kier molecular flexibility index (Phi) is 10.5. The van der Waals surface area contributed by atoms with Gasteiger partial charge in [-0.05, 0) is 50.2 Å². The van der Waals surface area contributed by atoms with Gasteiger partial charge in [0.15, 0.2) is 0 Å². The third kappa shape index (κ3) is 8.58. The van der Waals surface area contributed by atoms with Crippen molar-refractivity contribution < 1.29 is 33.2 Å². The molecule has 1 aromatic carbocycles. The Morgan fingerprint density at radius 2 is 1.64 bits per heavy atom. The number of primary amides is 1. The van der Waals surface area contributed by atoms with E-state index < -0.39 is 70.5 Å². The summed E-state index contributed by atoms with van der Waals surface area (Å²) in [5.41, 5.74) is 5.11. The van der Waals surface area contributed by atoms with Crippen LogP contribution in [-0.4, -0.2) is 93.6 Å². The van der Waals surface area contributed by atoms with E-state index in [2.05, 4.69) is 16.0 Å². The van der Waals surface area contributed by atoms with Gasteiger partial charge in [0.1, 0.15) is 17.9 Å². The molecule has 1 aromatic rings. The summed E-state index contributed by atoms with van der Waals surface area (Å²) in [6.07, 6.45) is 2.92. The highest BCUT2D eigenvalue weighted by Gasteiger charge is 2.44. The molecule has 2 aliphatic heterocycles. The molecule has 13 nitrogen and oxygen atoms in total. The molecule has 1 saturated heterocycles. The minimum atomic E-state index is -1.25. The Morgan fingerprint density at radius 1 is 0.957 bits per heavy atom. The summed E-state index contributed by atoms with van der Waals surface area (Å²) in [6, 6.07) is 0.177. The average Bonchev–Trinajstić information content (AvgIpc) is 3.40. The number of benzene rings is 1. The van der Waals surface area contributed by atoms with Gasteiger partial charge in [0.25, 0.3) is 5.91 Å². The summed E-state index contributed by atoms with van der Waals surface area (Å²) < 4.78 is 14.5. The monoisotopic (exact) mass is 657 g/mol. The number of amides is 7. The summed E-state index contributed by atoms with van der Waals surface area (Å²) in [5.74, 6) is -3.56. The first-order valence-corrected chi connectivity index (χ1v) is 16.2. The maximum atomic E-state index is 14.5. The fourth-order valence-corrected chi connectivity index (χ4v) is 6.21. The van der Waals surface area contributed by atoms with Crippen LogP contribution in [0.3, 0.4) is 0 Å². The smallest absolute Gasteiger partial charge is 0.321 e. The molecule has 0 aromatic heterocycles. The second kappa shape index (κ2) is 13.9. The summed E-state index contributed by atoms with van der Waals surface area (Å²) in [7, 11) is 0. The first kappa shape index (κ1) is 35.6. The maximum absolute atomic E-state index is 14.5. The van der Waals surface area contributed by atoms with E-state index in [1.807, 2.05) is 41.5 Å². The van der Waals surface area contributed by atoms with Crippen molar-refractivity contribution in [1.82, 2.24) is 30.7 Å². The number of nitrogens with zero attached hydrogens (tertiary/aromatic N) is 3. The third-order valence-corrected chi connectivity index (χ3v) is 8.98. The van der Waals surface area contributed by atoms with Crippen LogP contribution in [-0.2, 0) is 32.3 Å². The van der Waals surface area contributed by atoms with Gasteiger partial charge >= 0.3 is 12.1 Å². The van der Waals surface area contributed by atoms with Crippen LogP contribution >= 0.6 is 0 Å². The van der Waals surface area contributed by atoms with Gasteiger partial charge in [-0.15, -0.1) is 0 Å². The van der Waals surface area contributed by atoms with Crippen LogP contribution < -0.4 is 21.7 Å². The van der Waals surface area contributed by atoms with Crippen molar-refractivity contribution >= 4 is 35.6 Å². The average molecular weight is 658 g/mol. The molecule has 0 radical (unpaired) electrons. The topological polar surface area (TPSA) is 174 Å². The summed E-state index contributed by atoms with van der Waals surface area (Å²) in [5, 5.41) is 8.24. The number of carbonyl (C=O) groups excluding carboxylic acids is 6. The number of Topliss-reactive ketones (excluding diaryl/α,β-unsaturated/α-hetero) is 1. The van der Waals surface area contributed by atoms with Crippen LogP contribution in [0, 0.1) is 17.2 Å². The van der Waals surface area contributed by atoms with Gasteiger partial charge in [-0.1, -0.05) is 52.2 Å². The quantitative estimate of drug-likeness (QED) is 0.311. The predicted octanol–water partition coefficient (Wildman–Crippen LogP) is 2.02. The van der Waals surface area contributed by atoms with Crippen LogP contribution in [0.5, 0.6) is 0 Å². The van der Waals surface area contributed by atoms with Gasteiger partial charge in [0, 0.05) is 30.7 Å². The number of hydrogen-bond donors (Lipinski definition) is 4. The summed E-state index contributed by atoms with van der Waals surface area (Å²) in [4.78, 5) is 83.6. The highest BCUT2D eigenvalue weighted by Crippen LogP contribution is 2.31. The molecule has 0 spiro atoms. The zero-order chi connectivity index (χ0) is 34.8. The summed E-state index contributed by atoms with van der Waals surface area (Å²) in [6.45, 7) is 10.8. The number of ketones is 1. The van der Waals surface area contributed by atoms with Crippen molar-refractivity contribution in [3.63, 3.8) is 0 Å². The minimum absolute atomic E-state index is 0.0116. The SMILES string of the molecule is CC(C)(C)NC(=O)N[C@H](C(=O)N1CCN(C(=O)N2Cc3cccc(F)c3C2)[C@@H](C(=O)NC(CC2CCC2)C(=O)C(N)=O)C1)C(C)(C)C. The number of carbonyl (C=O) groups is 6. The molecule has 2 fully saturated rings. The lowest BCUT2D eigenvalue weighted by atomic mass is 9.80. The molecule has 5 N–H and O–H groups in total. The van der Waals surface area contributed by atoms with E-state index in [-0.39, 0.29) is 45.1 Å². The number of piperazine rings is 1. The highest BCUT2D eigenvalue weighted by molar-refractivity contribution is 6.37. The lowest BCUT2D eigenvalue weighted by Gasteiger charge is -2.44. The lowest BCUT2D eigenvalue weighted by molar-refractivity contribution is -0.142. The van der Waals surface area contributed by atoms with Crippen molar-refractivity contribution in [3.8, 4) is 0 Å². The highest BCUT2D eigenvalue weighted by atomic mass is 19.1. The van der Waals surface area contributed by atoms with Crippen LogP contribution in [0.4, 0.5) is 14.0 Å². The van der Waals surface area contributed by atoms with E-state index in [0.717, 1.165) is 19.3 Å². The van der Waals surface area contributed by atoms with Crippen LogP contribution in [0.25, 0.3) is 0 Å². The van der Waals surface area contributed by atoms with Crippen LogP contribution in [0.1, 0.15) is 78.4 Å². The van der Waals surface area contributed by atoms with Gasteiger partial charge in [0.2, 0.25) is 17.6 Å². The fourth-order valence-electron chi connectivity index (χ4n) is 6.21. The van der Waals surface area contributed by atoms with Gasteiger partial charge in [0.05, 0.1) is 19.1 Å². The number of nitrogens with one attached hydrogen (secondary N) is 3. The number of halogens is 1. The molecule has 1 saturated carbocycles. The zero-order valence-corrected chi connectivity index (χ0v) is 28.2. The van der Waals surface area contributed by atoms with E-state index in [9.17, 15) is 33.2 Å². The molecular formula is C33H48FN7O6. The normalized spacial score (nSPS) is 19.6. The van der Waals surface area contributed by atoms with Gasteiger partial charge < -0.3 is 36.4 Å². The number of rotatable bonds is 8. The van der Waals surface area contributed by atoms with Crippen LogP contribution in [0.15, 0.2) is 18.2 Å². The zero-order valence-electron chi connectivity index (χ0n) is 28.2. The molecule has 14 heteroatoms. The molecule has 1 aliphatic carbocycles. The molecule has 7 amide bonds. The first-order valence-electron chi connectivity index (χ1n) is 16.2. The second-order valence-electron chi connectivity index (χ2n) is 15.0. The molecule has 1 unspecified atom stereocenters. The van der Waals surface area contributed by atoms with Crippen LogP contribution in [0.2, 0.25) is 0 Å². The molecule has 0 bridgehead atoms. The molecule has 47 heavy (non-hydrogen) atoms. The van der Waals surface area contributed by atoms with Gasteiger partial charge in [-0.3, -0.25) is 19.2 Å². The number of fused-ring (bicyclic) bond motifs is 1. The Morgan fingerprint density at radius 3 is 2.19 bits per heavy atom. The molecule has 2 heterocycles. The van der Waals surface area contributed by atoms with Gasteiger partial charge in [-0.25, -0.2) is 14.0 Å². The first-order chi connectivity index (χ1) is 21.9. The van der Waals surface area contributed by atoms with E-state index in [1.54, 1.807) is 12.1 Å². The number of nitrogens with two attached hydrogens (primary N) is 1. The minimum Gasteiger partial charge on any atom is -0.363 e.